The maximum absolute atomic E-state index is 12.9. The predicted molar refractivity (Wildman–Crippen MR) is 97.9 cm³/mol. The molecule has 0 amide bonds. The minimum Gasteiger partial charge on any atom is -0.366 e. The Hall–Kier alpha value is -2.36. The maximum atomic E-state index is 12.9. The van der Waals surface area contributed by atoms with Gasteiger partial charge in [-0.15, -0.1) is 0 Å². The quantitative estimate of drug-likeness (QED) is 0.849. The zero-order chi connectivity index (χ0) is 18.0. The van der Waals surface area contributed by atoms with Gasteiger partial charge in [0.25, 0.3) is 0 Å². The maximum Gasteiger partial charge on any atom is 0.243 e. The molecule has 2 aromatic carbocycles. The summed E-state index contributed by atoms with van der Waals surface area (Å²) in [6.07, 6.45) is 0. The normalized spacial score (nSPS) is 18.8. The summed E-state index contributed by atoms with van der Waals surface area (Å²) in [6.45, 7) is 5.58. The topological polar surface area (TPSA) is 64.4 Å². The highest BCUT2D eigenvalue weighted by molar-refractivity contribution is 7.89. The van der Waals surface area contributed by atoms with Crippen molar-refractivity contribution < 1.29 is 8.42 Å². The van der Waals surface area contributed by atoms with Gasteiger partial charge in [-0.2, -0.15) is 9.57 Å². The summed E-state index contributed by atoms with van der Waals surface area (Å²) in [4.78, 5) is 2.42. The molecule has 0 bridgehead atoms. The first kappa shape index (κ1) is 17.5. The number of piperazine rings is 1. The van der Waals surface area contributed by atoms with Crippen molar-refractivity contribution in [3.63, 3.8) is 0 Å². The van der Waals surface area contributed by atoms with Crippen LogP contribution >= 0.6 is 0 Å². The summed E-state index contributed by atoms with van der Waals surface area (Å²) in [5.41, 5.74) is 2.67. The fraction of sp³-hybridized carbons (Fsp3) is 0.316. The van der Waals surface area contributed by atoms with E-state index in [4.69, 9.17) is 5.26 Å². The number of aryl methyl sites for hydroxylation is 1. The highest BCUT2D eigenvalue weighted by Crippen LogP contribution is 2.25. The summed E-state index contributed by atoms with van der Waals surface area (Å²) >= 11 is 0. The molecule has 0 aliphatic carbocycles. The standard InChI is InChI=1S/C19H21N3O2S/c1-15-6-8-18(9-7-15)22-11-10-21(14-16(22)2)25(23,24)19-5-3-4-17(12-19)13-20/h3-9,12,16H,10-11,14H2,1-2H3. The van der Waals surface area contributed by atoms with Crippen molar-refractivity contribution in [3.05, 3.63) is 59.7 Å². The van der Waals surface area contributed by atoms with Crippen LogP contribution in [0.4, 0.5) is 5.69 Å². The van der Waals surface area contributed by atoms with Crippen molar-refractivity contribution in [2.45, 2.75) is 24.8 Å². The molecule has 1 fully saturated rings. The Bertz CT molecular complexity index is 901. The van der Waals surface area contributed by atoms with Gasteiger partial charge in [0, 0.05) is 31.4 Å². The molecule has 0 radical (unpaired) electrons. The van der Waals surface area contributed by atoms with Crippen molar-refractivity contribution >= 4 is 15.7 Å². The minimum absolute atomic E-state index is 0.0744. The first-order chi connectivity index (χ1) is 11.9. The lowest BCUT2D eigenvalue weighted by Gasteiger charge is -2.40. The fourth-order valence-corrected chi connectivity index (χ4v) is 4.70. The molecule has 2 aromatic rings. The van der Waals surface area contributed by atoms with E-state index in [1.165, 1.54) is 15.9 Å². The van der Waals surface area contributed by atoms with Crippen LogP contribution in [0.3, 0.4) is 0 Å². The lowest BCUT2D eigenvalue weighted by Crippen LogP contribution is -2.53. The summed E-state index contributed by atoms with van der Waals surface area (Å²) in [7, 11) is -3.58. The van der Waals surface area contributed by atoms with Gasteiger partial charge in [0.05, 0.1) is 16.5 Å². The van der Waals surface area contributed by atoms with Crippen molar-refractivity contribution in [2.24, 2.45) is 0 Å². The van der Waals surface area contributed by atoms with E-state index >= 15 is 0 Å². The van der Waals surface area contributed by atoms with Crippen molar-refractivity contribution in [2.75, 3.05) is 24.5 Å². The molecule has 0 aromatic heterocycles. The third-order valence-corrected chi connectivity index (χ3v) is 6.42. The molecule has 25 heavy (non-hydrogen) atoms. The Morgan fingerprint density at radius 1 is 1.12 bits per heavy atom. The average Bonchev–Trinajstić information content (AvgIpc) is 2.62. The SMILES string of the molecule is Cc1ccc(N2CCN(S(=O)(=O)c3cccc(C#N)c3)CC2C)cc1. The Kier molecular flexibility index (Phi) is 4.80. The van der Waals surface area contributed by atoms with Gasteiger partial charge in [0.15, 0.2) is 0 Å². The molecule has 1 atom stereocenters. The number of anilines is 1. The van der Waals surface area contributed by atoms with Crippen molar-refractivity contribution in [1.82, 2.24) is 4.31 Å². The van der Waals surface area contributed by atoms with Gasteiger partial charge in [-0.1, -0.05) is 23.8 Å². The number of hydrogen-bond donors (Lipinski definition) is 0. The molecular formula is C19H21N3O2S. The zero-order valence-electron chi connectivity index (χ0n) is 14.4. The molecule has 5 nitrogen and oxygen atoms in total. The second kappa shape index (κ2) is 6.87. The van der Waals surface area contributed by atoms with Crippen LogP contribution < -0.4 is 4.90 Å². The third-order valence-electron chi connectivity index (χ3n) is 4.56. The zero-order valence-corrected chi connectivity index (χ0v) is 15.2. The van der Waals surface area contributed by atoms with E-state index in [0.717, 1.165) is 5.69 Å². The first-order valence-electron chi connectivity index (χ1n) is 8.25. The Labute approximate surface area is 149 Å². The Morgan fingerprint density at radius 3 is 2.48 bits per heavy atom. The second-order valence-corrected chi connectivity index (χ2v) is 8.32. The van der Waals surface area contributed by atoms with Crippen molar-refractivity contribution in [1.29, 1.82) is 5.26 Å². The number of rotatable bonds is 3. The molecule has 1 heterocycles. The summed E-state index contributed by atoms with van der Waals surface area (Å²) in [6, 6.07) is 16.6. The van der Waals surface area contributed by atoms with E-state index in [9.17, 15) is 8.42 Å². The lowest BCUT2D eigenvalue weighted by molar-refractivity contribution is 0.342. The van der Waals surface area contributed by atoms with Gasteiger partial charge < -0.3 is 4.90 Å². The Balaban J connectivity index is 1.80. The van der Waals surface area contributed by atoms with E-state index in [1.807, 2.05) is 19.9 Å². The highest BCUT2D eigenvalue weighted by Gasteiger charge is 2.32. The second-order valence-electron chi connectivity index (χ2n) is 6.38. The predicted octanol–water partition coefficient (Wildman–Crippen LogP) is 2.77. The smallest absolute Gasteiger partial charge is 0.243 e. The van der Waals surface area contributed by atoms with Crippen LogP contribution in [0.2, 0.25) is 0 Å². The van der Waals surface area contributed by atoms with E-state index in [2.05, 4.69) is 29.2 Å². The van der Waals surface area contributed by atoms with Crippen LogP contribution in [0.15, 0.2) is 53.4 Å². The van der Waals surface area contributed by atoms with Gasteiger partial charge in [0.2, 0.25) is 10.0 Å². The van der Waals surface area contributed by atoms with Crippen LogP contribution in [0.1, 0.15) is 18.1 Å². The van der Waals surface area contributed by atoms with Crippen LogP contribution in [-0.2, 0) is 10.0 Å². The van der Waals surface area contributed by atoms with Gasteiger partial charge in [-0.25, -0.2) is 8.42 Å². The molecule has 1 aliphatic heterocycles. The highest BCUT2D eigenvalue weighted by atomic mass is 32.2. The first-order valence-corrected chi connectivity index (χ1v) is 9.69. The molecule has 6 heteroatoms. The molecule has 130 valence electrons. The summed E-state index contributed by atoms with van der Waals surface area (Å²) < 4.78 is 27.3. The van der Waals surface area contributed by atoms with E-state index in [0.29, 0.717) is 25.2 Å². The summed E-state index contributed by atoms with van der Waals surface area (Å²) in [5.74, 6) is 0. The van der Waals surface area contributed by atoms with Gasteiger partial charge in [-0.05, 0) is 44.2 Å². The van der Waals surface area contributed by atoms with Gasteiger partial charge in [-0.3, -0.25) is 0 Å². The van der Waals surface area contributed by atoms with Crippen LogP contribution in [0.25, 0.3) is 0 Å². The van der Waals surface area contributed by atoms with Crippen molar-refractivity contribution in [3.8, 4) is 6.07 Å². The third kappa shape index (κ3) is 3.53. The number of benzene rings is 2. The molecule has 1 unspecified atom stereocenters. The fourth-order valence-electron chi connectivity index (χ4n) is 3.14. The molecule has 0 N–H and O–H groups in total. The van der Waals surface area contributed by atoms with E-state index < -0.39 is 10.0 Å². The molecule has 0 spiro atoms. The van der Waals surface area contributed by atoms with Gasteiger partial charge >= 0.3 is 0 Å². The largest absolute Gasteiger partial charge is 0.366 e. The monoisotopic (exact) mass is 355 g/mol. The summed E-state index contributed by atoms with van der Waals surface area (Å²) in [5, 5.41) is 9.00. The molecular weight excluding hydrogens is 334 g/mol. The number of hydrogen-bond acceptors (Lipinski definition) is 4. The molecule has 1 saturated heterocycles. The van der Waals surface area contributed by atoms with E-state index in [1.54, 1.807) is 18.2 Å². The van der Waals surface area contributed by atoms with E-state index in [-0.39, 0.29) is 10.9 Å². The van der Waals surface area contributed by atoms with Crippen LogP contribution in [0, 0.1) is 18.3 Å². The number of nitriles is 1. The molecule has 3 rings (SSSR count). The number of nitrogens with zero attached hydrogens (tertiary/aromatic N) is 3. The van der Waals surface area contributed by atoms with Crippen LogP contribution in [-0.4, -0.2) is 38.4 Å². The van der Waals surface area contributed by atoms with Crippen LogP contribution in [0.5, 0.6) is 0 Å². The number of sulfonamides is 1. The minimum atomic E-state index is -3.58. The molecule has 1 aliphatic rings. The average molecular weight is 355 g/mol. The lowest BCUT2D eigenvalue weighted by atomic mass is 10.1. The Morgan fingerprint density at radius 2 is 1.84 bits per heavy atom. The molecule has 0 saturated carbocycles. The van der Waals surface area contributed by atoms with Gasteiger partial charge in [0.1, 0.15) is 0 Å².